The van der Waals surface area contributed by atoms with Gasteiger partial charge in [0.05, 0.1) is 0 Å². The molecule has 2 aromatic rings. The van der Waals surface area contributed by atoms with Gasteiger partial charge in [-0.15, -0.1) is 0 Å². The molecule has 2 aromatic carbocycles. The molecule has 3 rings (SSSR count). The first-order chi connectivity index (χ1) is 11.7. The maximum atomic E-state index is 11.9. The van der Waals surface area contributed by atoms with Crippen molar-refractivity contribution in [3.8, 4) is 11.1 Å². The van der Waals surface area contributed by atoms with E-state index in [2.05, 4.69) is 24.3 Å². The zero-order valence-electron chi connectivity index (χ0n) is 14.1. The van der Waals surface area contributed by atoms with Gasteiger partial charge in [0.1, 0.15) is 12.7 Å². The maximum Gasteiger partial charge on any atom is 0.508 e. The van der Waals surface area contributed by atoms with E-state index < -0.39 is 6.16 Å². The normalized spacial score (nSPS) is 14.2. The number of fused-ring (bicyclic) bond motifs is 3. The highest BCUT2D eigenvalue weighted by molar-refractivity contribution is 5.78. The number of benzene rings is 2. The number of ether oxygens (including phenoxy) is 2. The molecule has 0 amide bonds. The van der Waals surface area contributed by atoms with Gasteiger partial charge in [-0.2, -0.15) is 0 Å². The molecule has 1 aliphatic carbocycles. The second kappa shape index (κ2) is 7.35. The van der Waals surface area contributed by atoms with Crippen molar-refractivity contribution in [2.45, 2.75) is 32.3 Å². The van der Waals surface area contributed by atoms with Crippen LogP contribution in [0.2, 0.25) is 0 Å². The Balaban J connectivity index is 1.69. The topological polar surface area (TPSA) is 35.5 Å². The molecular weight excluding hydrogens is 300 g/mol. The van der Waals surface area contributed by atoms with Crippen molar-refractivity contribution in [1.82, 2.24) is 0 Å². The first kappa shape index (κ1) is 16.3. The van der Waals surface area contributed by atoms with Gasteiger partial charge in [0, 0.05) is 5.92 Å². The Morgan fingerprint density at radius 3 is 2.25 bits per heavy atom. The van der Waals surface area contributed by atoms with Crippen molar-refractivity contribution in [2.75, 3.05) is 6.61 Å². The summed E-state index contributed by atoms with van der Waals surface area (Å²) in [5.41, 5.74) is 4.83. The lowest BCUT2D eigenvalue weighted by Gasteiger charge is -2.15. The zero-order chi connectivity index (χ0) is 16.9. The van der Waals surface area contributed by atoms with Crippen LogP contribution in [0.3, 0.4) is 0 Å². The lowest BCUT2D eigenvalue weighted by Crippen LogP contribution is -2.17. The van der Waals surface area contributed by atoms with Crippen molar-refractivity contribution in [1.29, 1.82) is 0 Å². The van der Waals surface area contributed by atoms with Gasteiger partial charge in [-0.1, -0.05) is 61.5 Å². The Labute approximate surface area is 142 Å². The summed E-state index contributed by atoms with van der Waals surface area (Å²) in [4.78, 5) is 11.9. The van der Waals surface area contributed by atoms with E-state index in [1.54, 1.807) is 0 Å². The number of hydrogen-bond donors (Lipinski definition) is 0. The van der Waals surface area contributed by atoms with Gasteiger partial charge in [-0.25, -0.2) is 4.79 Å². The van der Waals surface area contributed by atoms with E-state index in [1.165, 1.54) is 22.3 Å². The molecule has 0 unspecified atom stereocenters. The summed E-state index contributed by atoms with van der Waals surface area (Å²) in [6, 6.07) is 16.5. The van der Waals surface area contributed by atoms with E-state index in [4.69, 9.17) is 9.47 Å². The van der Waals surface area contributed by atoms with Crippen LogP contribution < -0.4 is 0 Å². The van der Waals surface area contributed by atoms with Crippen LogP contribution in [0.1, 0.15) is 37.3 Å². The second-order valence-electron chi connectivity index (χ2n) is 5.95. The molecule has 0 bridgehead atoms. The van der Waals surface area contributed by atoms with Gasteiger partial charge in [0.15, 0.2) is 0 Å². The van der Waals surface area contributed by atoms with E-state index in [-0.39, 0.29) is 18.6 Å². The average Bonchev–Trinajstić information content (AvgIpc) is 2.92. The quantitative estimate of drug-likeness (QED) is 0.553. The minimum Gasteiger partial charge on any atom is -0.433 e. The Bertz CT molecular complexity index is 703. The molecule has 1 atom stereocenters. The van der Waals surface area contributed by atoms with E-state index in [1.807, 2.05) is 50.3 Å². The van der Waals surface area contributed by atoms with Gasteiger partial charge in [0.2, 0.25) is 0 Å². The fourth-order valence-electron chi connectivity index (χ4n) is 3.14. The lowest BCUT2D eigenvalue weighted by atomic mass is 9.98. The van der Waals surface area contributed by atoms with Gasteiger partial charge in [0.25, 0.3) is 0 Å². The van der Waals surface area contributed by atoms with E-state index >= 15 is 0 Å². The predicted molar refractivity (Wildman–Crippen MR) is 95.0 cm³/mol. The Morgan fingerprint density at radius 2 is 1.67 bits per heavy atom. The lowest BCUT2D eigenvalue weighted by molar-refractivity contribution is 0.0402. The van der Waals surface area contributed by atoms with Gasteiger partial charge >= 0.3 is 6.16 Å². The molecule has 124 valence electrons. The van der Waals surface area contributed by atoms with Crippen molar-refractivity contribution < 1.29 is 14.3 Å². The van der Waals surface area contributed by atoms with Gasteiger partial charge in [-0.05, 0) is 41.7 Å². The number of rotatable bonds is 5. The molecule has 0 aliphatic heterocycles. The van der Waals surface area contributed by atoms with Crippen LogP contribution in [-0.2, 0) is 9.47 Å². The summed E-state index contributed by atoms with van der Waals surface area (Å²) < 4.78 is 10.6. The van der Waals surface area contributed by atoms with Crippen molar-refractivity contribution in [3.05, 3.63) is 71.8 Å². The molecule has 0 saturated carbocycles. The van der Waals surface area contributed by atoms with E-state index in [9.17, 15) is 4.79 Å². The molecule has 0 heterocycles. The molecule has 3 heteroatoms. The molecule has 0 spiro atoms. The average molecular weight is 322 g/mol. The first-order valence-corrected chi connectivity index (χ1v) is 8.39. The maximum absolute atomic E-state index is 11.9. The third-order valence-electron chi connectivity index (χ3n) is 4.26. The van der Waals surface area contributed by atoms with Gasteiger partial charge in [-0.3, -0.25) is 0 Å². The van der Waals surface area contributed by atoms with Crippen LogP contribution in [0.25, 0.3) is 11.1 Å². The minimum absolute atomic E-state index is 0.0615. The number of hydrogen-bond acceptors (Lipinski definition) is 3. The zero-order valence-corrected chi connectivity index (χ0v) is 14.1. The van der Waals surface area contributed by atoms with Crippen LogP contribution >= 0.6 is 0 Å². The Morgan fingerprint density at radius 1 is 1.08 bits per heavy atom. The summed E-state index contributed by atoms with van der Waals surface area (Å²) in [5.74, 6) is 0.0615. The smallest absolute Gasteiger partial charge is 0.433 e. The molecule has 1 aliphatic rings. The monoisotopic (exact) mass is 322 g/mol. The van der Waals surface area contributed by atoms with Crippen LogP contribution in [-0.4, -0.2) is 18.9 Å². The molecule has 0 N–H and O–H groups in total. The second-order valence-corrected chi connectivity index (χ2v) is 5.95. The van der Waals surface area contributed by atoms with E-state index in [0.717, 1.165) is 6.42 Å². The van der Waals surface area contributed by atoms with Gasteiger partial charge < -0.3 is 9.47 Å². The van der Waals surface area contributed by atoms with Crippen molar-refractivity contribution >= 4 is 6.16 Å². The molecule has 0 fully saturated rings. The molecule has 24 heavy (non-hydrogen) atoms. The molecule has 0 aromatic heterocycles. The SMILES string of the molecule is CC/C=C\[C@H](C)OC(=O)OCC1c2ccccc2-c2ccccc21. The summed E-state index contributed by atoms with van der Waals surface area (Å²) in [5, 5.41) is 0. The highest BCUT2D eigenvalue weighted by atomic mass is 16.7. The molecule has 3 nitrogen and oxygen atoms in total. The summed E-state index contributed by atoms with van der Waals surface area (Å²) >= 11 is 0. The number of allylic oxidation sites excluding steroid dienone is 1. The minimum atomic E-state index is -0.620. The third kappa shape index (κ3) is 3.35. The highest BCUT2D eigenvalue weighted by Crippen LogP contribution is 2.44. The fraction of sp³-hybridized carbons (Fsp3) is 0.286. The molecular formula is C21H22O3. The fourth-order valence-corrected chi connectivity index (χ4v) is 3.14. The largest absolute Gasteiger partial charge is 0.508 e. The number of carbonyl (C=O) groups is 1. The number of carbonyl (C=O) groups excluding carboxylic acids is 1. The summed E-state index contributed by atoms with van der Waals surface area (Å²) in [6.45, 7) is 4.15. The van der Waals surface area contributed by atoms with Crippen LogP contribution in [0, 0.1) is 0 Å². The third-order valence-corrected chi connectivity index (χ3v) is 4.26. The van der Waals surface area contributed by atoms with Crippen LogP contribution in [0.5, 0.6) is 0 Å². The Hall–Kier alpha value is -2.55. The highest BCUT2D eigenvalue weighted by Gasteiger charge is 2.29. The van der Waals surface area contributed by atoms with Crippen molar-refractivity contribution in [2.24, 2.45) is 0 Å². The van der Waals surface area contributed by atoms with Crippen molar-refractivity contribution in [3.63, 3.8) is 0 Å². The first-order valence-electron chi connectivity index (χ1n) is 8.39. The molecule has 0 radical (unpaired) electrons. The summed E-state index contributed by atoms with van der Waals surface area (Å²) in [7, 11) is 0. The van der Waals surface area contributed by atoms with E-state index in [0.29, 0.717) is 0 Å². The van der Waals surface area contributed by atoms with Crippen LogP contribution in [0.15, 0.2) is 60.7 Å². The predicted octanol–water partition coefficient (Wildman–Crippen LogP) is 5.31. The molecule has 0 saturated heterocycles. The Kier molecular flexibility index (Phi) is 4.99. The van der Waals surface area contributed by atoms with Crippen LogP contribution in [0.4, 0.5) is 4.79 Å². The summed E-state index contributed by atoms with van der Waals surface area (Å²) in [6.07, 6.45) is 3.85. The standard InChI is InChI=1S/C21H22O3/c1-3-4-9-15(2)24-21(22)23-14-20-18-12-7-5-10-16(18)17-11-6-8-13-19(17)20/h4-13,15,20H,3,14H2,1-2H3/b9-4-/t15-/m0/s1.